The Morgan fingerprint density at radius 2 is 2.11 bits per heavy atom. The van der Waals surface area contributed by atoms with E-state index in [0.717, 1.165) is 0 Å². The Balaban J connectivity index is 1.59. The third kappa shape index (κ3) is 3.30. The molecule has 10 heteroatoms. The van der Waals surface area contributed by atoms with E-state index in [-0.39, 0.29) is 29.0 Å². The van der Waals surface area contributed by atoms with Gasteiger partial charge in [-0.25, -0.2) is 14.2 Å². The van der Waals surface area contributed by atoms with Crippen LogP contribution in [0.15, 0.2) is 16.9 Å². The Hall–Kier alpha value is -2.10. The van der Waals surface area contributed by atoms with Gasteiger partial charge in [-0.1, -0.05) is 0 Å². The smallest absolute Gasteiger partial charge is 0.320 e. The molecular formula is C17H17BrF3N5O. The van der Waals surface area contributed by atoms with Crippen LogP contribution in [0.1, 0.15) is 36.2 Å². The number of amides is 2. The average molecular weight is 444 g/mol. The molecule has 0 atom stereocenters. The first-order valence-electron chi connectivity index (χ1n) is 8.69. The van der Waals surface area contributed by atoms with Crippen LogP contribution in [0.5, 0.6) is 0 Å². The number of aromatic nitrogens is 3. The molecule has 0 aromatic carbocycles. The van der Waals surface area contributed by atoms with Crippen LogP contribution in [-0.4, -0.2) is 32.2 Å². The monoisotopic (exact) mass is 443 g/mol. The van der Waals surface area contributed by atoms with E-state index in [4.69, 9.17) is 0 Å². The third-order valence-corrected chi connectivity index (χ3v) is 5.49. The van der Waals surface area contributed by atoms with Crippen molar-refractivity contribution in [2.24, 2.45) is 0 Å². The second kappa shape index (κ2) is 6.81. The minimum absolute atomic E-state index is 0.0113. The fourth-order valence-electron chi connectivity index (χ4n) is 3.61. The molecule has 6 nitrogen and oxygen atoms in total. The summed E-state index contributed by atoms with van der Waals surface area (Å²) in [6.07, 6.45) is 2.62. The number of alkyl halides is 2. The van der Waals surface area contributed by atoms with E-state index < -0.39 is 17.8 Å². The van der Waals surface area contributed by atoms with Crippen LogP contribution < -0.4 is 5.32 Å². The van der Waals surface area contributed by atoms with Crippen molar-refractivity contribution in [3.8, 4) is 0 Å². The number of carbonyl (C=O) groups excluding carboxylic acids is 1. The molecule has 27 heavy (non-hydrogen) atoms. The topological polar surface area (TPSA) is 63.1 Å². The summed E-state index contributed by atoms with van der Waals surface area (Å²) in [7, 11) is 0. The molecule has 1 N–H and O–H groups in total. The molecule has 0 unspecified atom stereocenters. The predicted molar refractivity (Wildman–Crippen MR) is 95.0 cm³/mol. The number of pyridine rings is 1. The summed E-state index contributed by atoms with van der Waals surface area (Å²) in [5, 5.41) is 6.84. The van der Waals surface area contributed by atoms with Gasteiger partial charge in [-0.3, -0.25) is 4.68 Å². The summed E-state index contributed by atoms with van der Waals surface area (Å²) >= 11 is 2.96. The average Bonchev–Trinajstić information content (AvgIpc) is 2.93. The van der Waals surface area contributed by atoms with Gasteiger partial charge in [0.1, 0.15) is 10.3 Å². The van der Waals surface area contributed by atoms with Crippen LogP contribution in [0, 0.1) is 5.82 Å². The van der Waals surface area contributed by atoms with E-state index in [0.29, 0.717) is 43.6 Å². The lowest BCUT2D eigenvalue weighted by atomic mass is 10.00. The van der Waals surface area contributed by atoms with Crippen LogP contribution in [0.2, 0.25) is 0 Å². The summed E-state index contributed by atoms with van der Waals surface area (Å²) in [6.45, 7) is 0.815. The molecule has 2 aliphatic rings. The third-order valence-electron chi connectivity index (χ3n) is 4.93. The van der Waals surface area contributed by atoms with E-state index in [1.54, 1.807) is 0 Å². The van der Waals surface area contributed by atoms with Gasteiger partial charge in [-0.2, -0.15) is 13.9 Å². The van der Waals surface area contributed by atoms with Crippen LogP contribution in [0.25, 0.3) is 0 Å². The number of hydrogen-bond donors (Lipinski definition) is 1. The molecule has 0 saturated carbocycles. The highest BCUT2D eigenvalue weighted by molar-refractivity contribution is 9.10. The first-order chi connectivity index (χ1) is 12.9. The van der Waals surface area contributed by atoms with Gasteiger partial charge in [-0.15, -0.1) is 0 Å². The molecular weight excluding hydrogens is 427 g/mol. The Bertz CT molecular complexity index is 901. The zero-order valence-electron chi connectivity index (χ0n) is 14.3. The lowest BCUT2D eigenvalue weighted by molar-refractivity contribution is -0.0203. The Morgan fingerprint density at radius 3 is 2.93 bits per heavy atom. The van der Waals surface area contributed by atoms with E-state index in [2.05, 4.69) is 31.3 Å². The number of rotatable bonds is 1. The quantitative estimate of drug-likeness (QED) is 0.676. The summed E-state index contributed by atoms with van der Waals surface area (Å²) in [5.74, 6) is -3.65. The molecule has 2 aliphatic heterocycles. The molecule has 4 rings (SSSR count). The van der Waals surface area contributed by atoms with Crippen molar-refractivity contribution >= 4 is 27.6 Å². The van der Waals surface area contributed by atoms with Gasteiger partial charge in [0.25, 0.3) is 5.92 Å². The van der Waals surface area contributed by atoms with Gasteiger partial charge in [0.05, 0.1) is 17.9 Å². The number of nitrogens with zero attached hydrogens (tertiary/aromatic N) is 4. The van der Waals surface area contributed by atoms with Crippen LogP contribution in [-0.2, 0) is 25.4 Å². The number of carbonyl (C=O) groups is 1. The molecule has 2 amide bonds. The zero-order chi connectivity index (χ0) is 19.2. The van der Waals surface area contributed by atoms with E-state index in [1.807, 2.05) is 0 Å². The molecule has 0 radical (unpaired) electrons. The molecule has 144 valence electrons. The maximum atomic E-state index is 14.6. The molecule has 0 spiro atoms. The zero-order valence-corrected chi connectivity index (χ0v) is 15.9. The first kappa shape index (κ1) is 18.3. The number of nitrogens with one attached hydrogen (secondary N) is 1. The van der Waals surface area contributed by atoms with E-state index in [1.165, 1.54) is 21.8 Å². The standard InChI is InChI=1S/C17H17BrF3N5O/c18-15-13(19)12(3-6-22-15)23-16(27)25-8-4-11-10(9-25)14-17(20,21)5-1-2-7-26(14)24-11/h3,6H,1-2,4-5,7-9H2,(H,22,23,27). The Labute approximate surface area is 161 Å². The lowest BCUT2D eigenvalue weighted by Gasteiger charge is -2.28. The van der Waals surface area contributed by atoms with Gasteiger partial charge in [0.15, 0.2) is 5.82 Å². The molecule has 4 heterocycles. The normalized spacial score (nSPS) is 18.4. The van der Waals surface area contributed by atoms with Gasteiger partial charge in [-0.05, 0) is 34.8 Å². The van der Waals surface area contributed by atoms with Gasteiger partial charge >= 0.3 is 6.03 Å². The summed E-state index contributed by atoms with van der Waals surface area (Å²) in [5.41, 5.74) is 0.935. The molecule has 2 aromatic heterocycles. The number of halogens is 4. The highest BCUT2D eigenvalue weighted by atomic mass is 79.9. The fraction of sp³-hybridized carbons (Fsp3) is 0.471. The summed E-state index contributed by atoms with van der Waals surface area (Å²) in [4.78, 5) is 17.7. The number of aryl methyl sites for hydroxylation is 1. The number of anilines is 1. The van der Waals surface area contributed by atoms with Crippen LogP contribution in [0.4, 0.5) is 23.7 Å². The maximum Gasteiger partial charge on any atom is 0.322 e. The van der Waals surface area contributed by atoms with Crippen molar-refractivity contribution in [2.45, 2.75) is 44.7 Å². The molecule has 0 bridgehead atoms. The number of urea groups is 1. The van der Waals surface area contributed by atoms with Crippen molar-refractivity contribution in [3.05, 3.63) is 39.6 Å². The first-order valence-corrected chi connectivity index (χ1v) is 9.49. The second-order valence-electron chi connectivity index (χ2n) is 6.72. The Morgan fingerprint density at radius 1 is 1.30 bits per heavy atom. The van der Waals surface area contributed by atoms with Crippen molar-refractivity contribution in [1.82, 2.24) is 19.7 Å². The fourth-order valence-corrected chi connectivity index (χ4v) is 3.94. The van der Waals surface area contributed by atoms with Gasteiger partial charge in [0, 0.05) is 37.7 Å². The van der Waals surface area contributed by atoms with Crippen molar-refractivity contribution < 1.29 is 18.0 Å². The van der Waals surface area contributed by atoms with E-state index in [9.17, 15) is 18.0 Å². The number of fused-ring (bicyclic) bond motifs is 3. The second-order valence-corrected chi connectivity index (χ2v) is 7.47. The molecule has 2 aromatic rings. The summed E-state index contributed by atoms with van der Waals surface area (Å²) < 4.78 is 44.6. The van der Waals surface area contributed by atoms with E-state index >= 15 is 0 Å². The highest BCUT2D eigenvalue weighted by Crippen LogP contribution is 2.40. The largest absolute Gasteiger partial charge is 0.322 e. The summed E-state index contributed by atoms with van der Waals surface area (Å²) in [6, 6.07) is 0.794. The van der Waals surface area contributed by atoms with Crippen molar-refractivity contribution in [3.63, 3.8) is 0 Å². The Kier molecular flexibility index (Phi) is 4.61. The lowest BCUT2D eigenvalue weighted by Crippen LogP contribution is -2.39. The van der Waals surface area contributed by atoms with Crippen molar-refractivity contribution in [2.75, 3.05) is 11.9 Å². The minimum atomic E-state index is -2.96. The van der Waals surface area contributed by atoms with Gasteiger partial charge < -0.3 is 10.2 Å². The van der Waals surface area contributed by atoms with Crippen LogP contribution in [0.3, 0.4) is 0 Å². The maximum absolute atomic E-state index is 14.6. The van der Waals surface area contributed by atoms with Gasteiger partial charge in [0.2, 0.25) is 0 Å². The molecule has 0 fully saturated rings. The highest BCUT2D eigenvalue weighted by Gasteiger charge is 2.42. The minimum Gasteiger partial charge on any atom is -0.320 e. The van der Waals surface area contributed by atoms with Crippen LogP contribution >= 0.6 is 15.9 Å². The number of hydrogen-bond acceptors (Lipinski definition) is 3. The predicted octanol–water partition coefficient (Wildman–Crippen LogP) is 4.05. The van der Waals surface area contributed by atoms with Crippen molar-refractivity contribution in [1.29, 1.82) is 0 Å². The molecule has 0 saturated heterocycles. The molecule has 0 aliphatic carbocycles. The SMILES string of the molecule is O=C(Nc1ccnc(Br)c1F)N1CCc2nn3c(c2C1)C(F)(F)CCCC3.